The summed E-state index contributed by atoms with van der Waals surface area (Å²) in [4.78, 5) is 14.7. The van der Waals surface area contributed by atoms with Gasteiger partial charge in [0.15, 0.2) is 0 Å². The molecule has 0 aliphatic carbocycles. The molecular formula is C19H23ClN2O. The van der Waals surface area contributed by atoms with Crippen LogP contribution >= 0.6 is 11.6 Å². The third-order valence-electron chi connectivity index (χ3n) is 4.46. The fourth-order valence-electron chi connectivity index (χ4n) is 3.12. The average molecular weight is 331 g/mol. The van der Waals surface area contributed by atoms with Crippen LogP contribution in [0.15, 0.2) is 54.7 Å². The van der Waals surface area contributed by atoms with E-state index in [1.165, 1.54) is 0 Å². The van der Waals surface area contributed by atoms with Crippen LogP contribution in [0.3, 0.4) is 0 Å². The van der Waals surface area contributed by atoms with Gasteiger partial charge in [-0.15, -0.1) is 0 Å². The van der Waals surface area contributed by atoms with E-state index >= 15 is 0 Å². The van der Waals surface area contributed by atoms with E-state index in [2.05, 4.69) is 13.2 Å². The molecule has 1 unspecified atom stereocenters. The molecule has 1 aromatic carbocycles. The maximum absolute atomic E-state index is 12.8. The van der Waals surface area contributed by atoms with E-state index in [0.29, 0.717) is 18.1 Å². The molecule has 0 saturated carbocycles. The van der Waals surface area contributed by atoms with Crippen LogP contribution in [0.1, 0.15) is 24.5 Å². The Balaban J connectivity index is 2.24. The van der Waals surface area contributed by atoms with Gasteiger partial charge in [0.2, 0.25) is 5.91 Å². The van der Waals surface area contributed by atoms with Gasteiger partial charge in [-0.25, -0.2) is 0 Å². The van der Waals surface area contributed by atoms with Gasteiger partial charge in [0.25, 0.3) is 0 Å². The first-order chi connectivity index (χ1) is 11.0. The molecule has 1 heterocycles. The summed E-state index contributed by atoms with van der Waals surface area (Å²) in [6, 6.07) is 5.56. The van der Waals surface area contributed by atoms with Crippen molar-refractivity contribution in [2.45, 2.75) is 32.4 Å². The van der Waals surface area contributed by atoms with E-state index in [9.17, 15) is 4.79 Å². The van der Waals surface area contributed by atoms with Gasteiger partial charge < -0.3 is 10.6 Å². The second-order valence-electron chi connectivity index (χ2n) is 5.66. The summed E-state index contributed by atoms with van der Waals surface area (Å²) < 4.78 is 0. The SMILES string of the molecule is C=CC1=C(C=C)C(C)N(C(=O)Cc2c(Cl)cccc2CN)CC1. The van der Waals surface area contributed by atoms with E-state index in [1.807, 2.05) is 36.1 Å². The zero-order valence-electron chi connectivity index (χ0n) is 13.5. The third kappa shape index (κ3) is 3.57. The summed E-state index contributed by atoms with van der Waals surface area (Å²) >= 11 is 6.26. The molecule has 4 heteroatoms. The number of hydrogen-bond donors (Lipinski definition) is 1. The van der Waals surface area contributed by atoms with Crippen molar-refractivity contribution in [2.24, 2.45) is 5.73 Å². The molecular weight excluding hydrogens is 308 g/mol. The van der Waals surface area contributed by atoms with Crippen LogP contribution in [0.5, 0.6) is 0 Å². The van der Waals surface area contributed by atoms with E-state index in [4.69, 9.17) is 17.3 Å². The first kappa shape index (κ1) is 17.5. The van der Waals surface area contributed by atoms with Crippen LogP contribution in [-0.2, 0) is 17.8 Å². The van der Waals surface area contributed by atoms with Crippen molar-refractivity contribution in [3.05, 3.63) is 70.8 Å². The van der Waals surface area contributed by atoms with Gasteiger partial charge in [-0.2, -0.15) is 0 Å². The van der Waals surface area contributed by atoms with Crippen molar-refractivity contribution in [2.75, 3.05) is 6.54 Å². The van der Waals surface area contributed by atoms with Gasteiger partial charge in [-0.05, 0) is 41.7 Å². The van der Waals surface area contributed by atoms with E-state index in [1.54, 1.807) is 6.07 Å². The lowest BCUT2D eigenvalue weighted by molar-refractivity contribution is -0.132. The Morgan fingerprint density at radius 3 is 2.78 bits per heavy atom. The largest absolute Gasteiger partial charge is 0.335 e. The van der Waals surface area contributed by atoms with Crippen LogP contribution in [0.25, 0.3) is 0 Å². The Kier molecular flexibility index (Phi) is 5.80. The maximum atomic E-state index is 12.8. The molecule has 1 aliphatic heterocycles. The zero-order chi connectivity index (χ0) is 17.0. The van der Waals surface area contributed by atoms with Crippen molar-refractivity contribution in [1.82, 2.24) is 4.90 Å². The Labute approximate surface area is 143 Å². The number of benzene rings is 1. The lowest BCUT2D eigenvalue weighted by Gasteiger charge is -2.36. The summed E-state index contributed by atoms with van der Waals surface area (Å²) in [5.74, 6) is 0.0581. The summed E-state index contributed by atoms with van der Waals surface area (Å²) in [5.41, 5.74) is 9.74. The molecule has 1 aromatic rings. The predicted octanol–water partition coefficient (Wildman–Crippen LogP) is 3.63. The van der Waals surface area contributed by atoms with Crippen molar-refractivity contribution in [1.29, 1.82) is 0 Å². The number of hydrogen-bond acceptors (Lipinski definition) is 2. The molecule has 0 saturated heterocycles. The van der Waals surface area contributed by atoms with Gasteiger partial charge in [0, 0.05) is 18.1 Å². The van der Waals surface area contributed by atoms with Gasteiger partial charge in [0.05, 0.1) is 12.5 Å². The summed E-state index contributed by atoms with van der Waals surface area (Å²) in [6.45, 7) is 10.8. The minimum atomic E-state index is -0.00874. The number of amides is 1. The highest BCUT2D eigenvalue weighted by atomic mass is 35.5. The molecule has 2 rings (SSSR count). The first-order valence-electron chi connectivity index (χ1n) is 7.77. The monoisotopic (exact) mass is 330 g/mol. The van der Waals surface area contributed by atoms with Crippen LogP contribution in [0.2, 0.25) is 5.02 Å². The standard InChI is InChI=1S/C19H23ClN2O/c1-4-14-9-10-22(13(3)16(14)5-2)19(23)11-17-15(12-21)7-6-8-18(17)20/h4-8,13H,1-2,9-12,21H2,3H3. The normalized spacial score (nSPS) is 18.0. The zero-order valence-corrected chi connectivity index (χ0v) is 14.3. The number of carbonyl (C=O) groups is 1. The molecule has 23 heavy (non-hydrogen) atoms. The Morgan fingerprint density at radius 2 is 2.17 bits per heavy atom. The minimum Gasteiger partial charge on any atom is -0.335 e. The number of nitrogens with zero attached hydrogens (tertiary/aromatic N) is 1. The lowest BCUT2D eigenvalue weighted by Crippen LogP contribution is -2.44. The Bertz CT molecular complexity index is 663. The molecule has 0 spiro atoms. The highest BCUT2D eigenvalue weighted by molar-refractivity contribution is 6.31. The van der Waals surface area contributed by atoms with Crippen molar-refractivity contribution in [3.8, 4) is 0 Å². The van der Waals surface area contributed by atoms with Crippen LogP contribution in [0, 0.1) is 0 Å². The van der Waals surface area contributed by atoms with Crippen LogP contribution in [0.4, 0.5) is 0 Å². The van der Waals surface area contributed by atoms with Gasteiger partial charge in [0.1, 0.15) is 0 Å². The molecule has 0 radical (unpaired) electrons. The molecule has 0 bridgehead atoms. The smallest absolute Gasteiger partial charge is 0.227 e. The molecule has 0 fully saturated rings. The number of rotatable bonds is 5. The average Bonchev–Trinajstić information content (AvgIpc) is 2.55. The summed E-state index contributed by atoms with van der Waals surface area (Å²) in [5, 5.41) is 0.595. The Morgan fingerprint density at radius 1 is 1.43 bits per heavy atom. The van der Waals surface area contributed by atoms with Crippen LogP contribution < -0.4 is 5.73 Å². The second kappa shape index (κ2) is 7.62. The highest BCUT2D eigenvalue weighted by Crippen LogP contribution is 2.27. The van der Waals surface area contributed by atoms with Crippen molar-refractivity contribution < 1.29 is 4.79 Å². The fraction of sp³-hybridized carbons (Fsp3) is 0.316. The van der Waals surface area contributed by atoms with E-state index in [-0.39, 0.29) is 18.4 Å². The van der Waals surface area contributed by atoms with Crippen LogP contribution in [-0.4, -0.2) is 23.4 Å². The minimum absolute atomic E-state index is 0.00874. The highest BCUT2D eigenvalue weighted by Gasteiger charge is 2.28. The van der Waals surface area contributed by atoms with Gasteiger partial charge in [-0.3, -0.25) is 4.79 Å². The summed E-state index contributed by atoms with van der Waals surface area (Å²) in [7, 11) is 0. The molecule has 1 aliphatic rings. The van der Waals surface area contributed by atoms with Crippen molar-refractivity contribution in [3.63, 3.8) is 0 Å². The molecule has 3 nitrogen and oxygen atoms in total. The Hall–Kier alpha value is -1.84. The van der Waals surface area contributed by atoms with Gasteiger partial charge >= 0.3 is 0 Å². The molecule has 1 atom stereocenters. The molecule has 1 amide bonds. The summed E-state index contributed by atoms with van der Waals surface area (Å²) in [6.07, 6.45) is 4.75. The predicted molar refractivity (Wildman–Crippen MR) is 96.3 cm³/mol. The number of allylic oxidation sites excluding steroid dienone is 1. The number of nitrogens with two attached hydrogens (primary N) is 1. The van der Waals surface area contributed by atoms with Gasteiger partial charge in [-0.1, -0.05) is 49.0 Å². The number of halogens is 1. The first-order valence-corrected chi connectivity index (χ1v) is 8.15. The third-order valence-corrected chi connectivity index (χ3v) is 4.81. The van der Waals surface area contributed by atoms with Crippen molar-refractivity contribution >= 4 is 17.5 Å². The maximum Gasteiger partial charge on any atom is 0.227 e. The molecule has 2 N–H and O–H groups in total. The van der Waals surface area contributed by atoms with E-state index < -0.39 is 0 Å². The topological polar surface area (TPSA) is 46.3 Å². The number of carbonyl (C=O) groups excluding carboxylic acids is 1. The fourth-order valence-corrected chi connectivity index (χ4v) is 3.38. The molecule has 0 aromatic heterocycles. The van der Waals surface area contributed by atoms with E-state index in [0.717, 1.165) is 28.7 Å². The molecule has 122 valence electrons. The quantitative estimate of drug-likeness (QED) is 0.896. The lowest BCUT2D eigenvalue weighted by atomic mass is 9.92. The second-order valence-corrected chi connectivity index (χ2v) is 6.07.